The Morgan fingerprint density at radius 3 is 2.83 bits per heavy atom. The van der Waals surface area contributed by atoms with Crippen LogP contribution in [0.2, 0.25) is 5.02 Å². The third-order valence-electron chi connectivity index (χ3n) is 2.64. The van der Waals surface area contributed by atoms with Crippen LogP contribution in [0.1, 0.15) is 25.5 Å². The third-order valence-corrected chi connectivity index (χ3v) is 2.94. The van der Waals surface area contributed by atoms with Gasteiger partial charge in [-0.2, -0.15) is 5.10 Å². The molecule has 0 saturated heterocycles. The van der Waals surface area contributed by atoms with Gasteiger partial charge >= 0.3 is 0 Å². The van der Waals surface area contributed by atoms with E-state index in [1.165, 1.54) is 0 Å². The van der Waals surface area contributed by atoms with Crippen LogP contribution in [0.5, 0.6) is 11.5 Å². The van der Waals surface area contributed by atoms with Gasteiger partial charge in [0, 0.05) is 12.6 Å². The van der Waals surface area contributed by atoms with E-state index in [1.54, 1.807) is 10.9 Å². The second kappa shape index (κ2) is 5.42. The molecule has 2 N–H and O–H groups in total. The van der Waals surface area contributed by atoms with E-state index in [0.29, 0.717) is 16.5 Å². The van der Waals surface area contributed by atoms with Crippen LogP contribution in [0.15, 0.2) is 30.6 Å². The summed E-state index contributed by atoms with van der Waals surface area (Å²) in [5.74, 6) is 1.28. The van der Waals surface area contributed by atoms with E-state index in [1.807, 2.05) is 38.2 Å². The molecule has 2 rings (SSSR count). The second-order valence-electron chi connectivity index (χ2n) is 4.11. The number of rotatable bonds is 4. The normalized spacial score (nSPS) is 12.4. The molecule has 1 aromatic heterocycles. The van der Waals surface area contributed by atoms with Crippen molar-refractivity contribution >= 4 is 11.6 Å². The molecule has 18 heavy (non-hydrogen) atoms. The van der Waals surface area contributed by atoms with Gasteiger partial charge in [0.2, 0.25) is 0 Å². The molecule has 1 heterocycles. The molecule has 0 spiro atoms. The first-order chi connectivity index (χ1) is 8.60. The van der Waals surface area contributed by atoms with Gasteiger partial charge in [0.25, 0.3) is 0 Å². The van der Waals surface area contributed by atoms with Crippen LogP contribution >= 0.6 is 11.6 Å². The monoisotopic (exact) mass is 265 g/mol. The molecule has 5 heteroatoms. The van der Waals surface area contributed by atoms with Gasteiger partial charge in [-0.05, 0) is 31.5 Å². The Bertz CT molecular complexity index is 537. The molecule has 0 aliphatic rings. The van der Waals surface area contributed by atoms with Crippen LogP contribution in [0.25, 0.3) is 0 Å². The standard InChI is InChI=1S/C13H16ClN3O/c1-3-17-8-11(7-16-17)18-13-5-4-10(9(2)15)6-12(13)14/h4-9H,3,15H2,1-2H3/t9-/m0/s1. The zero-order chi connectivity index (χ0) is 13.1. The molecule has 0 amide bonds. The molecular weight excluding hydrogens is 250 g/mol. The minimum atomic E-state index is -0.0422. The molecule has 96 valence electrons. The Kier molecular flexibility index (Phi) is 3.89. The Labute approximate surface area is 111 Å². The number of nitrogens with two attached hydrogens (primary N) is 1. The van der Waals surface area contributed by atoms with Crippen molar-refractivity contribution in [2.75, 3.05) is 0 Å². The summed E-state index contributed by atoms with van der Waals surface area (Å²) >= 11 is 6.16. The van der Waals surface area contributed by atoms with Crippen molar-refractivity contribution < 1.29 is 4.74 Å². The van der Waals surface area contributed by atoms with Gasteiger partial charge in [-0.15, -0.1) is 0 Å². The minimum Gasteiger partial charge on any atom is -0.452 e. The summed E-state index contributed by atoms with van der Waals surface area (Å²) in [6, 6.07) is 5.52. The molecule has 0 aliphatic heterocycles. The number of nitrogens with zero attached hydrogens (tertiary/aromatic N) is 2. The summed E-state index contributed by atoms with van der Waals surface area (Å²) < 4.78 is 7.46. The van der Waals surface area contributed by atoms with Crippen molar-refractivity contribution in [3.05, 3.63) is 41.2 Å². The van der Waals surface area contributed by atoms with Crippen molar-refractivity contribution in [1.29, 1.82) is 0 Å². The number of hydrogen-bond donors (Lipinski definition) is 1. The average Bonchev–Trinajstić information content (AvgIpc) is 2.79. The molecule has 1 aromatic carbocycles. The van der Waals surface area contributed by atoms with Crippen LogP contribution in [-0.4, -0.2) is 9.78 Å². The lowest BCUT2D eigenvalue weighted by atomic mass is 10.1. The average molecular weight is 266 g/mol. The lowest BCUT2D eigenvalue weighted by Gasteiger charge is -2.09. The van der Waals surface area contributed by atoms with E-state index in [4.69, 9.17) is 22.1 Å². The Morgan fingerprint density at radius 2 is 2.28 bits per heavy atom. The first-order valence-corrected chi connectivity index (χ1v) is 6.23. The minimum absolute atomic E-state index is 0.0422. The fraction of sp³-hybridized carbons (Fsp3) is 0.308. The van der Waals surface area contributed by atoms with Crippen molar-refractivity contribution in [3.63, 3.8) is 0 Å². The SMILES string of the molecule is CCn1cc(Oc2ccc([C@H](C)N)cc2Cl)cn1. The first-order valence-electron chi connectivity index (χ1n) is 5.85. The summed E-state index contributed by atoms with van der Waals surface area (Å²) in [4.78, 5) is 0. The summed E-state index contributed by atoms with van der Waals surface area (Å²) in [6.07, 6.45) is 3.50. The Balaban J connectivity index is 2.19. The van der Waals surface area contributed by atoms with Crippen molar-refractivity contribution in [2.45, 2.75) is 26.4 Å². The fourth-order valence-electron chi connectivity index (χ4n) is 1.58. The molecule has 0 fully saturated rings. The van der Waals surface area contributed by atoms with Gasteiger partial charge < -0.3 is 10.5 Å². The van der Waals surface area contributed by atoms with E-state index in [9.17, 15) is 0 Å². The maximum atomic E-state index is 6.16. The Morgan fingerprint density at radius 1 is 1.50 bits per heavy atom. The van der Waals surface area contributed by atoms with Gasteiger partial charge in [-0.3, -0.25) is 4.68 Å². The van der Waals surface area contributed by atoms with Crippen LogP contribution < -0.4 is 10.5 Å². The van der Waals surface area contributed by atoms with Crippen molar-refractivity contribution in [1.82, 2.24) is 9.78 Å². The predicted octanol–water partition coefficient (Wildman–Crippen LogP) is 3.37. The van der Waals surface area contributed by atoms with E-state index in [-0.39, 0.29) is 6.04 Å². The lowest BCUT2D eigenvalue weighted by Crippen LogP contribution is -2.04. The Hall–Kier alpha value is -1.52. The second-order valence-corrected chi connectivity index (χ2v) is 4.52. The van der Waals surface area contributed by atoms with E-state index >= 15 is 0 Å². The quantitative estimate of drug-likeness (QED) is 0.922. The van der Waals surface area contributed by atoms with Crippen LogP contribution in [0.3, 0.4) is 0 Å². The lowest BCUT2D eigenvalue weighted by molar-refractivity contribution is 0.481. The molecule has 0 radical (unpaired) electrons. The summed E-state index contributed by atoms with van der Waals surface area (Å²) in [7, 11) is 0. The van der Waals surface area contributed by atoms with Crippen molar-refractivity contribution in [2.24, 2.45) is 5.73 Å². The molecule has 4 nitrogen and oxygen atoms in total. The van der Waals surface area contributed by atoms with E-state index in [0.717, 1.165) is 12.1 Å². The van der Waals surface area contributed by atoms with Crippen LogP contribution in [-0.2, 0) is 6.54 Å². The molecule has 0 saturated carbocycles. The first kappa shape index (κ1) is 12.9. The number of aromatic nitrogens is 2. The molecule has 2 aromatic rings. The highest BCUT2D eigenvalue weighted by Crippen LogP contribution is 2.31. The smallest absolute Gasteiger partial charge is 0.165 e. The zero-order valence-corrected chi connectivity index (χ0v) is 11.2. The molecule has 0 unspecified atom stereocenters. The molecular formula is C13H16ClN3O. The van der Waals surface area contributed by atoms with E-state index < -0.39 is 0 Å². The fourth-order valence-corrected chi connectivity index (χ4v) is 1.81. The molecule has 0 bridgehead atoms. The zero-order valence-electron chi connectivity index (χ0n) is 10.4. The maximum Gasteiger partial charge on any atom is 0.165 e. The number of aryl methyl sites for hydroxylation is 1. The predicted molar refractivity (Wildman–Crippen MR) is 72.0 cm³/mol. The maximum absolute atomic E-state index is 6.16. The molecule has 0 aliphatic carbocycles. The third kappa shape index (κ3) is 2.83. The highest BCUT2D eigenvalue weighted by atomic mass is 35.5. The van der Waals surface area contributed by atoms with Crippen LogP contribution in [0.4, 0.5) is 0 Å². The number of hydrogen-bond acceptors (Lipinski definition) is 3. The van der Waals surface area contributed by atoms with Gasteiger partial charge in [-0.1, -0.05) is 17.7 Å². The highest BCUT2D eigenvalue weighted by Gasteiger charge is 2.08. The largest absolute Gasteiger partial charge is 0.452 e. The topological polar surface area (TPSA) is 53.1 Å². The summed E-state index contributed by atoms with van der Waals surface area (Å²) in [6.45, 7) is 4.74. The van der Waals surface area contributed by atoms with Gasteiger partial charge in [0.05, 0.1) is 17.4 Å². The summed E-state index contributed by atoms with van der Waals surface area (Å²) in [5, 5.41) is 4.68. The van der Waals surface area contributed by atoms with Gasteiger partial charge in [0.15, 0.2) is 5.75 Å². The number of benzene rings is 1. The van der Waals surface area contributed by atoms with Gasteiger partial charge in [-0.25, -0.2) is 0 Å². The van der Waals surface area contributed by atoms with E-state index in [2.05, 4.69) is 5.10 Å². The highest BCUT2D eigenvalue weighted by molar-refractivity contribution is 6.32. The molecule has 1 atom stereocenters. The van der Waals surface area contributed by atoms with Crippen LogP contribution in [0, 0.1) is 0 Å². The summed E-state index contributed by atoms with van der Waals surface area (Å²) in [5.41, 5.74) is 6.78. The van der Waals surface area contributed by atoms with Crippen molar-refractivity contribution in [3.8, 4) is 11.5 Å². The van der Waals surface area contributed by atoms with Gasteiger partial charge in [0.1, 0.15) is 5.75 Å². The number of ether oxygens (including phenoxy) is 1. The number of halogens is 1.